The van der Waals surface area contributed by atoms with Crippen molar-refractivity contribution in [3.63, 3.8) is 0 Å². The zero-order valence-corrected chi connectivity index (χ0v) is 15.9. The van der Waals surface area contributed by atoms with Crippen molar-refractivity contribution in [1.29, 1.82) is 0 Å². The van der Waals surface area contributed by atoms with Crippen LogP contribution in [0.5, 0.6) is 0 Å². The summed E-state index contributed by atoms with van der Waals surface area (Å²) in [5.41, 5.74) is -0.0543. The van der Waals surface area contributed by atoms with E-state index in [-0.39, 0.29) is 5.41 Å². The minimum Gasteiger partial charge on any atom is -0.390 e. The molecular formula is C22H36O2. The van der Waals surface area contributed by atoms with E-state index in [9.17, 15) is 10.2 Å². The molecule has 0 spiro atoms. The summed E-state index contributed by atoms with van der Waals surface area (Å²) in [5.74, 6) is 3.86. The van der Waals surface area contributed by atoms with Crippen molar-refractivity contribution in [2.75, 3.05) is 0 Å². The molecule has 0 radical (unpaired) electrons. The maximum atomic E-state index is 11.4. The zero-order valence-electron chi connectivity index (χ0n) is 15.9. The van der Waals surface area contributed by atoms with Crippen LogP contribution >= 0.6 is 0 Å². The van der Waals surface area contributed by atoms with Crippen LogP contribution in [-0.4, -0.2) is 21.4 Å². The van der Waals surface area contributed by atoms with Crippen molar-refractivity contribution in [3.05, 3.63) is 12.2 Å². The first-order valence-corrected chi connectivity index (χ1v) is 10.3. The van der Waals surface area contributed by atoms with E-state index in [4.69, 9.17) is 0 Å². The standard InChI is InChI=1S/C22H36O2/c1-14(2)22(24)12-9-19-18-6-5-15-13-20(3,23)10-7-16(15)17(18)8-11-21(19,22)4/h15-19,23-24H,1,5-13H2,2-4H3/t15-,16+,17-,18-,19+,20-,21+,22+/m1/s1. The molecule has 0 heterocycles. The molecule has 0 aliphatic heterocycles. The van der Waals surface area contributed by atoms with Crippen molar-refractivity contribution in [3.8, 4) is 0 Å². The summed E-state index contributed by atoms with van der Waals surface area (Å²) in [6, 6.07) is 0. The van der Waals surface area contributed by atoms with E-state index in [1.54, 1.807) is 0 Å². The highest BCUT2D eigenvalue weighted by atomic mass is 16.3. The molecule has 136 valence electrons. The van der Waals surface area contributed by atoms with Crippen LogP contribution < -0.4 is 0 Å². The van der Waals surface area contributed by atoms with Crippen molar-refractivity contribution < 1.29 is 10.2 Å². The molecule has 0 aromatic carbocycles. The van der Waals surface area contributed by atoms with Crippen LogP contribution in [0, 0.1) is 35.0 Å². The van der Waals surface area contributed by atoms with Gasteiger partial charge in [-0.05, 0) is 107 Å². The van der Waals surface area contributed by atoms with Gasteiger partial charge in [-0.3, -0.25) is 0 Å². The van der Waals surface area contributed by atoms with Gasteiger partial charge in [0.2, 0.25) is 0 Å². The maximum Gasteiger partial charge on any atom is 0.0907 e. The SMILES string of the molecule is C=C(C)[C@@]1(O)CC[C@H]2[C@@H]3CC[C@@H]4C[C@](C)(O)CC[C@@H]4[C@H]3CC[C@@]21C. The highest BCUT2D eigenvalue weighted by molar-refractivity contribution is 5.23. The summed E-state index contributed by atoms with van der Waals surface area (Å²) < 4.78 is 0. The second-order valence-electron chi connectivity index (χ2n) is 10.3. The van der Waals surface area contributed by atoms with Gasteiger partial charge in [-0.2, -0.15) is 0 Å². The zero-order chi connectivity index (χ0) is 17.3. The lowest BCUT2D eigenvalue weighted by Gasteiger charge is -2.58. The molecule has 0 aromatic rings. The molecule has 0 amide bonds. The Kier molecular flexibility index (Phi) is 3.80. The van der Waals surface area contributed by atoms with Crippen LogP contribution in [0.25, 0.3) is 0 Å². The Morgan fingerprint density at radius 1 is 0.875 bits per heavy atom. The van der Waals surface area contributed by atoms with Crippen LogP contribution in [0.4, 0.5) is 0 Å². The van der Waals surface area contributed by atoms with E-state index in [1.807, 2.05) is 13.8 Å². The molecule has 4 aliphatic carbocycles. The molecule has 24 heavy (non-hydrogen) atoms. The summed E-state index contributed by atoms with van der Waals surface area (Å²) in [7, 11) is 0. The summed E-state index contributed by atoms with van der Waals surface area (Å²) in [6.07, 6.45) is 10.3. The molecular weight excluding hydrogens is 296 g/mol. The Hall–Kier alpha value is -0.340. The van der Waals surface area contributed by atoms with Gasteiger partial charge in [-0.1, -0.05) is 13.5 Å². The van der Waals surface area contributed by atoms with Gasteiger partial charge < -0.3 is 10.2 Å². The first-order valence-electron chi connectivity index (χ1n) is 10.3. The Balaban J connectivity index is 1.59. The Labute approximate surface area is 147 Å². The fourth-order valence-corrected chi connectivity index (χ4v) is 7.80. The largest absolute Gasteiger partial charge is 0.390 e. The minimum atomic E-state index is -0.643. The van der Waals surface area contributed by atoms with Crippen LogP contribution in [0.1, 0.15) is 78.6 Å². The Morgan fingerprint density at radius 3 is 2.29 bits per heavy atom. The number of hydrogen-bond acceptors (Lipinski definition) is 2. The smallest absolute Gasteiger partial charge is 0.0907 e. The molecule has 4 fully saturated rings. The molecule has 2 nitrogen and oxygen atoms in total. The second-order valence-corrected chi connectivity index (χ2v) is 10.3. The summed E-state index contributed by atoms with van der Waals surface area (Å²) in [4.78, 5) is 0. The molecule has 0 aromatic heterocycles. The van der Waals surface area contributed by atoms with E-state index >= 15 is 0 Å². The molecule has 4 saturated carbocycles. The van der Waals surface area contributed by atoms with Gasteiger partial charge in [0.05, 0.1) is 11.2 Å². The lowest BCUT2D eigenvalue weighted by molar-refractivity contribution is -0.127. The molecule has 8 atom stereocenters. The first kappa shape index (κ1) is 17.1. The second kappa shape index (κ2) is 5.33. The molecule has 0 unspecified atom stereocenters. The van der Waals surface area contributed by atoms with Gasteiger partial charge in [0.1, 0.15) is 0 Å². The van der Waals surface area contributed by atoms with E-state index < -0.39 is 11.2 Å². The predicted octanol–water partition coefficient (Wildman–Crippen LogP) is 4.70. The third-order valence-electron chi connectivity index (χ3n) is 9.09. The third kappa shape index (κ3) is 2.21. The molecule has 0 saturated heterocycles. The maximum absolute atomic E-state index is 11.4. The normalized spacial score (nSPS) is 57.0. The van der Waals surface area contributed by atoms with E-state index in [1.165, 1.54) is 32.1 Å². The Morgan fingerprint density at radius 2 is 1.58 bits per heavy atom. The highest BCUT2D eigenvalue weighted by Gasteiger charge is 2.63. The summed E-state index contributed by atoms with van der Waals surface area (Å²) in [5, 5.41) is 21.9. The van der Waals surface area contributed by atoms with Gasteiger partial charge in [-0.15, -0.1) is 0 Å². The van der Waals surface area contributed by atoms with Gasteiger partial charge in [0.25, 0.3) is 0 Å². The van der Waals surface area contributed by atoms with Crippen molar-refractivity contribution in [2.24, 2.45) is 35.0 Å². The quantitative estimate of drug-likeness (QED) is 0.683. The average Bonchev–Trinajstić information content (AvgIpc) is 2.79. The number of hydrogen-bond donors (Lipinski definition) is 2. The van der Waals surface area contributed by atoms with Gasteiger partial charge in [-0.25, -0.2) is 0 Å². The fourth-order valence-electron chi connectivity index (χ4n) is 7.80. The van der Waals surface area contributed by atoms with Gasteiger partial charge >= 0.3 is 0 Å². The number of fused-ring (bicyclic) bond motifs is 5. The third-order valence-corrected chi connectivity index (χ3v) is 9.09. The molecule has 4 aliphatic rings. The molecule has 0 bridgehead atoms. The van der Waals surface area contributed by atoms with Crippen molar-refractivity contribution in [1.82, 2.24) is 0 Å². The van der Waals surface area contributed by atoms with Crippen LogP contribution in [0.3, 0.4) is 0 Å². The average molecular weight is 333 g/mol. The number of aliphatic hydroxyl groups is 2. The summed E-state index contributed by atoms with van der Waals surface area (Å²) in [6.45, 7) is 10.6. The molecule has 2 N–H and O–H groups in total. The topological polar surface area (TPSA) is 40.5 Å². The van der Waals surface area contributed by atoms with Crippen molar-refractivity contribution >= 4 is 0 Å². The Bertz CT molecular complexity index is 538. The monoisotopic (exact) mass is 332 g/mol. The molecule has 4 rings (SSSR count). The number of rotatable bonds is 1. The predicted molar refractivity (Wildman–Crippen MR) is 97.5 cm³/mol. The van der Waals surface area contributed by atoms with E-state index in [0.29, 0.717) is 5.92 Å². The minimum absolute atomic E-state index is 0.0347. The van der Waals surface area contributed by atoms with Crippen LogP contribution in [-0.2, 0) is 0 Å². The van der Waals surface area contributed by atoms with Crippen LogP contribution in [0.2, 0.25) is 0 Å². The lowest BCUT2D eigenvalue weighted by Crippen LogP contribution is -2.54. The first-order chi connectivity index (χ1) is 11.2. The van der Waals surface area contributed by atoms with Crippen molar-refractivity contribution in [2.45, 2.75) is 89.8 Å². The molecule has 2 heteroatoms. The van der Waals surface area contributed by atoms with Gasteiger partial charge in [0, 0.05) is 5.41 Å². The lowest BCUT2D eigenvalue weighted by atomic mass is 9.48. The fraction of sp³-hybridized carbons (Fsp3) is 0.909. The van der Waals surface area contributed by atoms with Gasteiger partial charge in [0.15, 0.2) is 0 Å². The highest BCUT2D eigenvalue weighted by Crippen LogP contribution is 2.66. The van der Waals surface area contributed by atoms with E-state index in [0.717, 1.165) is 54.9 Å². The summed E-state index contributed by atoms with van der Waals surface area (Å²) >= 11 is 0. The van der Waals surface area contributed by atoms with E-state index in [2.05, 4.69) is 13.5 Å². The van der Waals surface area contributed by atoms with Crippen LogP contribution in [0.15, 0.2) is 12.2 Å².